The third kappa shape index (κ3) is 2.38. The molecule has 0 atom stereocenters. The molecule has 0 aromatic heterocycles. The number of hydrogen-bond donors (Lipinski definition) is 1. The zero-order valence-electron chi connectivity index (χ0n) is 10.2. The van der Waals surface area contributed by atoms with Gasteiger partial charge in [0.2, 0.25) is 0 Å². The Morgan fingerprint density at radius 1 is 1.38 bits per heavy atom. The Morgan fingerprint density at radius 3 is 2.69 bits per heavy atom. The molecule has 0 aliphatic heterocycles. The molecule has 1 fully saturated rings. The summed E-state index contributed by atoms with van der Waals surface area (Å²) in [6.45, 7) is 3.32. The lowest BCUT2D eigenvalue weighted by atomic mass is 9.85. The second-order valence-corrected chi connectivity index (χ2v) is 4.97. The quantitative estimate of drug-likeness (QED) is 0.841. The van der Waals surface area contributed by atoms with Gasteiger partial charge in [-0.15, -0.1) is 0 Å². The van der Waals surface area contributed by atoms with Crippen LogP contribution in [0.25, 0.3) is 0 Å². The van der Waals surface area contributed by atoms with Crippen molar-refractivity contribution < 1.29 is 5.11 Å². The summed E-state index contributed by atoms with van der Waals surface area (Å²) in [5.74, 6) is 0.859. The van der Waals surface area contributed by atoms with Crippen LogP contribution in [-0.2, 0) is 6.61 Å². The van der Waals surface area contributed by atoms with Crippen molar-refractivity contribution in [3.8, 4) is 0 Å². The second-order valence-electron chi connectivity index (χ2n) is 4.97. The number of nitrogens with zero attached hydrogens (tertiary/aromatic N) is 1. The van der Waals surface area contributed by atoms with Gasteiger partial charge in [-0.2, -0.15) is 0 Å². The van der Waals surface area contributed by atoms with Crippen molar-refractivity contribution in [2.24, 2.45) is 5.92 Å². The third-order valence-corrected chi connectivity index (χ3v) is 3.57. The average Bonchev–Trinajstić information content (AvgIpc) is 2.23. The fourth-order valence-corrected chi connectivity index (χ4v) is 2.37. The highest BCUT2D eigenvalue weighted by Crippen LogP contribution is 2.29. The van der Waals surface area contributed by atoms with Gasteiger partial charge in [-0.1, -0.05) is 24.1 Å². The number of rotatable bonds is 4. The number of hydrogen-bond acceptors (Lipinski definition) is 2. The van der Waals surface area contributed by atoms with E-state index in [-0.39, 0.29) is 6.61 Å². The highest BCUT2D eigenvalue weighted by molar-refractivity contribution is 5.54. The third-order valence-electron chi connectivity index (χ3n) is 3.57. The number of aryl methyl sites for hydroxylation is 1. The van der Waals surface area contributed by atoms with Gasteiger partial charge in [0.05, 0.1) is 6.61 Å². The largest absolute Gasteiger partial charge is 0.392 e. The van der Waals surface area contributed by atoms with Crippen molar-refractivity contribution in [3.05, 3.63) is 29.3 Å². The summed E-state index contributed by atoms with van der Waals surface area (Å²) in [5, 5.41) is 9.37. The Labute approximate surface area is 97.9 Å². The molecule has 0 radical (unpaired) electrons. The molecule has 0 heterocycles. The van der Waals surface area contributed by atoms with Crippen molar-refractivity contribution in [1.82, 2.24) is 0 Å². The van der Waals surface area contributed by atoms with E-state index in [0.717, 1.165) is 18.0 Å². The van der Waals surface area contributed by atoms with Gasteiger partial charge in [-0.05, 0) is 31.7 Å². The molecule has 0 amide bonds. The first kappa shape index (κ1) is 11.5. The fraction of sp³-hybridized carbons (Fsp3) is 0.571. The van der Waals surface area contributed by atoms with Crippen molar-refractivity contribution in [2.45, 2.75) is 32.8 Å². The van der Waals surface area contributed by atoms with E-state index in [1.807, 2.05) is 0 Å². The molecule has 0 spiro atoms. The summed E-state index contributed by atoms with van der Waals surface area (Å²) in [6, 6.07) is 6.32. The number of aliphatic hydroxyl groups is 1. The van der Waals surface area contributed by atoms with Crippen molar-refractivity contribution in [2.75, 3.05) is 18.5 Å². The van der Waals surface area contributed by atoms with Crippen molar-refractivity contribution in [3.63, 3.8) is 0 Å². The van der Waals surface area contributed by atoms with Gasteiger partial charge in [-0.25, -0.2) is 0 Å². The van der Waals surface area contributed by atoms with E-state index in [2.05, 4.69) is 37.1 Å². The van der Waals surface area contributed by atoms with Gasteiger partial charge in [-0.3, -0.25) is 0 Å². The van der Waals surface area contributed by atoms with Crippen LogP contribution in [0.4, 0.5) is 5.69 Å². The zero-order chi connectivity index (χ0) is 11.5. The molecule has 1 saturated carbocycles. The van der Waals surface area contributed by atoms with E-state index < -0.39 is 0 Å². The minimum absolute atomic E-state index is 0.131. The standard InChI is InChI=1S/C14H21NO/c1-11-6-7-14(13(8-11)10-16)15(2)9-12-4-3-5-12/h6-8,12,16H,3-5,9-10H2,1-2H3. The molecule has 1 aliphatic carbocycles. The van der Waals surface area contributed by atoms with Gasteiger partial charge in [0.25, 0.3) is 0 Å². The summed E-state index contributed by atoms with van der Waals surface area (Å²) in [7, 11) is 2.13. The SMILES string of the molecule is Cc1ccc(N(C)CC2CCC2)c(CO)c1. The van der Waals surface area contributed by atoms with E-state index in [9.17, 15) is 5.11 Å². The Kier molecular flexibility index (Phi) is 3.49. The molecule has 1 aliphatic rings. The summed E-state index contributed by atoms with van der Waals surface area (Å²) < 4.78 is 0. The summed E-state index contributed by atoms with van der Waals surface area (Å²) in [5.41, 5.74) is 3.44. The van der Waals surface area contributed by atoms with Gasteiger partial charge in [0, 0.05) is 24.8 Å². The molecule has 1 N–H and O–H groups in total. The smallest absolute Gasteiger partial charge is 0.0702 e. The van der Waals surface area contributed by atoms with Crippen LogP contribution >= 0.6 is 0 Å². The molecular weight excluding hydrogens is 198 g/mol. The second kappa shape index (κ2) is 4.88. The summed E-state index contributed by atoms with van der Waals surface area (Å²) in [6.07, 6.45) is 4.12. The Morgan fingerprint density at radius 2 is 2.12 bits per heavy atom. The molecule has 0 unspecified atom stereocenters. The van der Waals surface area contributed by atoms with Crippen molar-refractivity contribution in [1.29, 1.82) is 0 Å². The van der Waals surface area contributed by atoms with Crippen LogP contribution in [0.2, 0.25) is 0 Å². The van der Waals surface area contributed by atoms with E-state index >= 15 is 0 Å². The number of aliphatic hydroxyl groups excluding tert-OH is 1. The molecule has 2 rings (SSSR count). The van der Waals surface area contributed by atoms with Gasteiger partial charge < -0.3 is 10.0 Å². The predicted molar refractivity (Wildman–Crippen MR) is 67.7 cm³/mol. The van der Waals surface area contributed by atoms with Crippen LogP contribution in [0, 0.1) is 12.8 Å². The first-order valence-corrected chi connectivity index (χ1v) is 6.12. The minimum atomic E-state index is 0.131. The molecule has 2 nitrogen and oxygen atoms in total. The Balaban J connectivity index is 2.11. The lowest BCUT2D eigenvalue weighted by Gasteiger charge is -2.32. The summed E-state index contributed by atoms with van der Waals surface area (Å²) in [4.78, 5) is 2.29. The highest BCUT2D eigenvalue weighted by Gasteiger charge is 2.20. The normalized spacial score (nSPS) is 15.9. The van der Waals surface area contributed by atoms with E-state index in [4.69, 9.17) is 0 Å². The average molecular weight is 219 g/mol. The maximum Gasteiger partial charge on any atom is 0.0702 e. The Bertz CT molecular complexity index is 358. The molecular formula is C14H21NO. The first-order chi connectivity index (χ1) is 7.70. The van der Waals surface area contributed by atoms with Crippen LogP contribution in [0.1, 0.15) is 30.4 Å². The first-order valence-electron chi connectivity index (χ1n) is 6.12. The number of anilines is 1. The van der Waals surface area contributed by atoms with Crippen LogP contribution in [0.5, 0.6) is 0 Å². The van der Waals surface area contributed by atoms with Crippen LogP contribution in [-0.4, -0.2) is 18.7 Å². The lowest BCUT2D eigenvalue weighted by molar-refractivity contribution is 0.281. The molecule has 16 heavy (non-hydrogen) atoms. The Hall–Kier alpha value is -1.02. The maximum absolute atomic E-state index is 9.37. The summed E-state index contributed by atoms with van der Waals surface area (Å²) >= 11 is 0. The molecule has 1 aromatic carbocycles. The molecule has 88 valence electrons. The van der Waals surface area contributed by atoms with Gasteiger partial charge in [0.1, 0.15) is 0 Å². The minimum Gasteiger partial charge on any atom is -0.392 e. The highest BCUT2D eigenvalue weighted by atomic mass is 16.3. The van der Waals surface area contributed by atoms with Crippen LogP contribution in [0.15, 0.2) is 18.2 Å². The van der Waals surface area contributed by atoms with E-state index in [1.54, 1.807) is 0 Å². The predicted octanol–water partition coefficient (Wildman–Crippen LogP) is 2.72. The molecule has 2 heteroatoms. The van der Waals surface area contributed by atoms with Crippen LogP contribution in [0.3, 0.4) is 0 Å². The zero-order valence-corrected chi connectivity index (χ0v) is 10.2. The molecule has 0 saturated heterocycles. The molecule has 1 aromatic rings. The van der Waals surface area contributed by atoms with Gasteiger partial charge >= 0.3 is 0 Å². The van der Waals surface area contributed by atoms with Crippen molar-refractivity contribution >= 4 is 5.69 Å². The fourth-order valence-electron chi connectivity index (χ4n) is 2.37. The topological polar surface area (TPSA) is 23.5 Å². The molecule has 0 bridgehead atoms. The van der Waals surface area contributed by atoms with Gasteiger partial charge in [0.15, 0.2) is 0 Å². The maximum atomic E-state index is 9.37. The number of benzene rings is 1. The lowest BCUT2D eigenvalue weighted by Crippen LogP contribution is -2.29. The van der Waals surface area contributed by atoms with E-state index in [1.165, 1.54) is 30.5 Å². The monoisotopic (exact) mass is 219 g/mol. The van der Waals surface area contributed by atoms with E-state index in [0.29, 0.717) is 0 Å². The van der Waals surface area contributed by atoms with Crippen LogP contribution < -0.4 is 4.90 Å².